The van der Waals surface area contributed by atoms with Gasteiger partial charge >= 0.3 is 0 Å². The number of hydrogen-bond donors (Lipinski definition) is 2. The molecule has 0 atom stereocenters. The molecule has 0 saturated carbocycles. The molecule has 0 radical (unpaired) electrons. The monoisotopic (exact) mass is 301 g/mol. The fraction of sp³-hybridized carbons (Fsp3) is 0.0714. The van der Waals surface area contributed by atoms with E-state index in [1.54, 1.807) is 23.0 Å². The SMILES string of the molecule is Cc1ccnn1-c1nc(N)cnc1-c1ccc(O)c(Cl)c1. The number of halogens is 1. The number of hydrogen-bond acceptors (Lipinski definition) is 5. The normalized spacial score (nSPS) is 10.8. The lowest BCUT2D eigenvalue weighted by atomic mass is 10.1. The maximum absolute atomic E-state index is 9.53. The van der Waals surface area contributed by atoms with Crippen LogP contribution in [0.25, 0.3) is 17.1 Å². The van der Waals surface area contributed by atoms with Crippen LogP contribution in [0.2, 0.25) is 5.02 Å². The molecule has 0 spiro atoms. The van der Waals surface area contributed by atoms with E-state index in [-0.39, 0.29) is 10.8 Å². The van der Waals surface area contributed by atoms with Crippen LogP contribution in [0, 0.1) is 6.92 Å². The first kappa shape index (κ1) is 13.4. The van der Waals surface area contributed by atoms with Crippen LogP contribution in [0.1, 0.15) is 5.69 Å². The number of aromatic nitrogens is 4. The van der Waals surface area contributed by atoms with Gasteiger partial charge in [0.2, 0.25) is 0 Å². The molecular weight excluding hydrogens is 290 g/mol. The summed E-state index contributed by atoms with van der Waals surface area (Å²) in [4.78, 5) is 8.64. The Morgan fingerprint density at radius 2 is 2.10 bits per heavy atom. The number of benzene rings is 1. The van der Waals surface area contributed by atoms with E-state index in [1.165, 1.54) is 12.3 Å². The van der Waals surface area contributed by atoms with Crippen molar-refractivity contribution in [2.45, 2.75) is 6.92 Å². The van der Waals surface area contributed by atoms with Crippen molar-refractivity contribution in [1.82, 2.24) is 19.7 Å². The zero-order valence-electron chi connectivity index (χ0n) is 11.2. The molecule has 1 aromatic carbocycles. The van der Waals surface area contributed by atoms with Crippen LogP contribution < -0.4 is 5.73 Å². The molecule has 2 aromatic heterocycles. The lowest BCUT2D eigenvalue weighted by Crippen LogP contribution is -2.07. The molecular formula is C14H12ClN5O. The van der Waals surface area contributed by atoms with Crippen molar-refractivity contribution in [2.24, 2.45) is 0 Å². The summed E-state index contributed by atoms with van der Waals surface area (Å²) in [6.07, 6.45) is 3.15. The first-order chi connectivity index (χ1) is 10.1. The van der Waals surface area contributed by atoms with Gasteiger partial charge in [-0.1, -0.05) is 11.6 Å². The molecule has 3 aromatic rings. The highest BCUT2D eigenvalue weighted by atomic mass is 35.5. The van der Waals surface area contributed by atoms with Crippen LogP contribution in [-0.4, -0.2) is 24.9 Å². The second-order valence-electron chi connectivity index (χ2n) is 4.52. The minimum Gasteiger partial charge on any atom is -0.506 e. The lowest BCUT2D eigenvalue weighted by Gasteiger charge is -2.10. The molecule has 0 aliphatic carbocycles. The zero-order valence-corrected chi connectivity index (χ0v) is 11.9. The van der Waals surface area contributed by atoms with E-state index in [1.807, 2.05) is 13.0 Å². The van der Waals surface area contributed by atoms with Gasteiger partial charge in [-0.15, -0.1) is 0 Å². The second kappa shape index (κ2) is 5.06. The molecule has 21 heavy (non-hydrogen) atoms. The fourth-order valence-corrected chi connectivity index (χ4v) is 2.17. The number of rotatable bonds is 2. The molecule has 0 unspecified atom stereocenters. The van der Waals surface area contributed by atoms with Crippen molar-refractivity contribution >= 4 is 17.4 Å². The summed E-state index contributed by atoms with van der Waals surface area (Å²) in [5.41, 5.74) is 7.94. The van der Waals surface area contributed by atoms with E-state index in [9.17, 15) is 5.11 Å². The number of nitrogens with two attached hydrogens (primary N) is 1. The maximum atomic E-state index is 9.53. The molecule has 3 N–H and O–H groups in total. The van der Waals surface area contributed by atoms with Gasteiger partial charge in [0, 0.05) is 17.5 Å². The quantitative estimate of drug-likeness (QED) is 0.759. The van der Waals surface area contributed by atoms with Crippen molar-refractivity contribution in [1.29, 1.82) is 0 Å². The van der Waals surface area contributed by atoms with Crippen molar-refractivity contribution in [3.63, 3.8) is 0 Å². The van der Waals surface area contributed by atoms with Crippen LogP contribution in [0.15, 0.2) is 36.7 Å². The van der Waals surface area contributed by atoms with Crippen LogP contribution in [0.5, 0.6) is 5.75 Å². The largest absolute Gasteiger partial charge is 0.506 e. The van der Waals surface area contributed by atoms with Crippen molar-refractivity contribution in [2.75, 3.05) is 5.73 Å². The van der Waals surface area contributed by atoms with E-state index in [0.717, 1.165) is 11.3 Å². The van der Waals surface area contributed by atoms with Gasteiger partial charge in [-0.25, -0.2) is 14.6 Å². The van der Waals surface area contributed by atoms with Gasteiger partial charge in [0.15, 0.2) is 5.82 Å². The Bertz CT molecular complexity index is 815. The number of phenols is 1. The summed E-state index contributed by atoms with van der Waals surface area (Å²) < 4.78 is 1.65. The van der Waals surface area contributed by atoms with E-state index in [2.05, 4.69) is 15.1 Å². The van der Waals surface area contributed by atoms with E-state index < -0.39 is 0 Å². The van der Waals surface area contributed by atoms with Crippen molar-refractivity contribution in [3.05, 3.63) is 47.4 Å². The average molecular weight is 302 g/mol. The van der Waals surface area contributed by atoms with Crippen LogP contribution in [0.3, 0.4) is 0 Å². The van der Waals surface area contributed by atoms with Crippen LogP contribution in [-0.2, 0) is 0 Å². The topological polar surface area (TPSA) is 89.9 Å². The van der Waals surface area contributed by atoms with Gasteiger partial charge in [0.25, 0.3) is 0 Å². The lowest BCUT2D eigenvalue weighted by molar-refractivity contribution is 0.475. The molecule has 0 amide bonds. The van der Waals surface area contributed by atoms with Gasteiger partial charge < -0.3 is 10.8 Å². The fourth-order valence-electron chi connectivity index (χ4n) is 1.99. The first-order valence-corrected chi connectivity index (χ1v) is 6.56. The summed E-state index contributed by atoms with van der Waals surface area (Å²) in [5, 5.41) is 14.0. The molecule has 0 fully saturated rings. The molecule has 6 nitrogen and oxygen atoms in total. The van der Waals surface area contributed by atoms with Gasteiger partial charge in [-0.2, -0.15) is 5.10 Å². The van der Waals surface area contributed by atoms with Crippen molar-refractivity contribution in [3.8, 4) is 22.8 Å². The predicted octanol–water partition coefficient (Wildman–Crippen LogP) is 2.58. The summed E-state index contributed by atoms with van der Waals surface area (Å²) in [7, 11) is 0. The molecule has 7 heteroatoms. The van der Waals surface area contributed by atoms with Gasteiger partial charge in [0.05, 0.1) is 11.2 Å². The van der Waals surface area contributed by atoms with E-state index in [0.29, 0.717) is 17.3 Å². The molecule has 0 aliphatic heterocycles. The van der Waals surface area contributed by atoms with Crippen molar-refractivity contribution < 1.29 is 5.11 Å². The number of anilines is 1. The van der Waals surface area contributed by atoms with Crippen LogP contribution >= 0.6 is 11.6 Å². The zero-order chi connectivity index (χ0) is 15.0. The number of aryl methyl sites for hydroxylation is 1. The molecule has 0 saturated heterocycles. The summed E-state index contributed by atoms with van der Waals surface area (Å²) in [6, 6.07) is 6.71. The Hall–Kier alpha value is -2.60. The molecule has 0 bridgehead atoms. The third-order valence-electron chi connectivity index (χ3n) is 3.03. The number of phenolic OH excluding ortho intramolecular Hbond substituents is 1. The number of aromatic hydroxyl groups is 1. The Morgan fingerprint density at radius 3 is 2.76 bits per heavy atom. The highest BCUT2D eigenvalue weighted by Crippen LogP contribution is 2.31. The molecule has 3 rings (SSSR count). The minimum absolute atomic E-state index is 0.0145. The molecule has 2 heterocycles. The Kier molecular flexibility index (Phi) is 3.23. The Balaban J connectivity index is 2.23. The summed E-state index contributed by atoms with van der Waals surface area (Å²) in [5.74, 6) is 0.827. The predicted molar refractivity (Wildman–Crippen MR) is 80.4 cm³/mol. The third kappa shape index (κ3) is 2.41. The summed E-state index contributed by atoms with van der Waals surface area (Å²) >= 11 is 5.96. The highest BCUT2D eigenvalue weighted by molar-refractivity contribution is 6.32. The smallest absolute Gasteiger partial charge is 0.182 e. The molecule has 106 valence electrons. The van der Waals surface area contributed by atoms with E-state index >= 15 is 0 Å². The number of nitrogen functional groups attached to an aromatic ring is 1. The molecule has 0 aliphatic rings. The van der Waals surface area contributed by atoms with Gasteiger partial charge in [-0.05, 0) is 31.2 Å². The van der Waals surface area contributed by atoms with Gasteiger partial charge in [0.1, 0.15) is 17.3 Å². The van der Waals surface area contributed by atoms with E-state index in [4.69, 9.17) is 17.3 Å². The highest BCUT2D eigenvalue weighted by Gasteiger charge is 2.14. The Morgan fingerprint density at radius 1 is 1.29 bits per heavy atom. The number of nitrogens with zero attached hydrogens (tertiary/aromatic N) is 4. The van der Waals surface area contributed by atoms with Gasteiger partial charge in [-0.3, -0.25) is 0 Å². The average Bonchev–Trinajstić information content (AvgIpc) is 2.88. The maximum Gasteiger partial charge on any atom is 0.182 e. The summed E-state index contributed by atoms with van der Waals surface area (Å²) in [6.45, 7) is 1.91. The second-order valence-corrected chi connectivity index (χ2v) is 4.92. The first-order valence-electron chi connectivity index (χ1n) is 6.18. The minimum atomic E-state index is 0.0145. The third-order valence-corrected chi connectivity index (χ3v) is 3.33. The Labute approximate surface area is 125 Å². The standard InChI is InChI=1S/C14H12ClN5O/c1-8-4-5-18-20(8)14-13(17-7-12(16)19-14)9-2-3-11(21)10(15)6-9/h2-7,21H,1H3,(H2,16,19). The van der Waals surface area contributed by atoms with Crippen LogP contribution in [0.4, 0.5) is 5.82 Å².